The third-order valence-electron chi connectivity index (χ3n) is 5.74. The van der Waals surface area contributed by atoms with Crippen LogP contribution in [0.5, 0.6) is 5.75 Å². The van der Waals surface area contributed by atoms with E-state index in [1.165, 1.54) is 10.7 Å². The number of halogens is 2. The van der Waals surface area contributed by atoms with Crippen molar-refractivity contribution < 1.29 is 18.7 Å². The number of carbonyl (C=O) groups is 1. The number of hydrogen-bond acceptors (Lipinski definition) is 5. The Kier molecular flexibility index (Phi) is 7.82. The number of anilines is 1. The second-order valence-electron chi connectivity index (χ2n) is 8.20. The molecule has 1 fully saturated rings. The van der Waals surface area contributed by atoms with Gasteiger partial charge in [0.2, 0.25) is 0 Å². The van der Waals surface area contributed by atoms with Gasteiger partial charge in [-0.3, -0.25) is 9.69 Å². The standard InChI is InChI=1S/C25H28ClFN4O3/c1-17-24(26)18(2)31(29-17)23-9-6-20(16-22(23)27)28-25(32)19-4-7-21(8-5-19)34-13-3-10-30-11-14-33-15-12-30/h4-9,16H,3,10-15H2,1-2H3,(H,28,32). The first kappa shape index (κ1) is 24.2. The van der Waals surface area contributed by atoms with Crippen LogP contribution < -0.4 is 10.1 Å². The minimum absolute atomic E-state index is 0.264. The summed E-state index contributed by atoms with van der Waals surface area (Å²) in [6.45, 7) is 8.64. The highest BCUT2D eigenvalue weighted by Gasteiger charge is 2.15. The Morgan fingerprint density at radius 2 is 1.91 bits per heavy atom. The van der Waals surface area contributed by atoms with Crippen molar-refractivity contribution in [1.82, 2.24) is 14.7 Å². The van der Waals surface area contributed by atoms with Crippen LogP contribution in [0.15, 0.2) is 42.5 Å². The number of amides is 1. The lowest BCUT2D eigenvalue weighted by molar-refractivity contribution is 0.0358. The zero-order valence-corrected chi connectivity index (χ0v) is 20.1. The van der Waals surface area contributed by atoms with Gasteiger partial charge in [0.15, 0.2) is 5.82 Å². The Balaban J connectivity index is 1.31. The van der Waals surface area contributed by atoms with Crippen LogP contribution in [0.25, 0.3) is 5.69 Å². The molecule has 1 saturated heterocycles. The van der Waals surface area contributed by atoms with Gasteiger partial charge in [-0.05, 0) is 62.7 Å². The summed E-state index contributed by atoms with van der Waals surface area (Å²) in [5.41, 5.74) is 2.34. The maximum absolute atomic E-state index is 14.7. The van der Waals surface area contributed by atoms with E-state index >= 15 is 0 Å². The van der Waals surface area contributed by atoms with Crippen molar-refractivity contribution in [2.45, 2.75) is 20.3 Å². The topological polar surface area (TPSA) is 68.6 Å². The first-order valence-corrected chi connectivity index (χ1v) is 11.7. The molecule has 1 aromatic heterocycles. The highest BCUT2D eigenvalue weighted by Crippen LogP contribution is 2.25. The van der Waals surface area contributed by atoms with Gasteiger partial charge in [0.05, 0.1) is 36.2 Å². The predicted molar refractivity (Wildman–Crippen MR) is 130 cm³/mol. The molecule has 0 aliphatic carbocycles. The van der Waals surface area contributed by atoms with E-state index < -0.39 is 5.82 Å². The fraction of sp³-hybridized carbons (Fsp3) is 0.360. The van der Waals surface area contributed by atoms with E-state index in [2.05, 4.69) is 15.3 Å². The van der Waals surface area contributed by atoms with E-state index in [0.29, 0.717) is 40.0 Å². The van der Waals surface area contributed by atoms with Crippen molar-refractivity contribution in [1.29, 1.82) is 0 Å². The lowest BCUT2D eigenvalue weighted by Gasteiger charge is -2.26. The summed E-state index contributed by atoms with van der Waals surface area (Å²) in [6, 6.07) is 11.4. The van der Waals surface area contributed by atoms with Crippen LogP contribution in [0.3, 0.4) is 0 Å². The lowest BCUT2D eigenvalue weighted by atomic mass is 10.2. The molecule has 1 aliphatic rings. The molecule has 7 nitrogen and oxygen atoms in total. The number of nitrogens with zero attached hydrogens (tertiary/aromatic N) is 3. The Labute approximate surface area is 203 Å². The van der Waals surface area contributed by atoms with Crippen LogP contribution >= 0.6 is 11.6 Å². The third kappa shape index (κ3) is 5.75. The van der Waals surface area contributed by atoms with Crippen molar-refractivity contribution in [2.75, 3.05) is 44.8 Å². The number of carbonyl (C=O) groups excluding carboxylic acids is 1. The van der Waals surface area contributed by atoms with Gasteiger partial charge < -0.3 is 14.8 Å². The molecule has 1 amide bonds. The number of benzene rings is 2. The first-order valence-electron chi connectivity index (χ1n) is 11.3. The summed E-state index contributed by atoms with van der Waals surface area (Å²) in [6.07, 6.45) is 0.924. The largest absolute Gasteiger partial charge is 0.494 e. The molecule has 1 N–H and O–H groups in total. The number of aromatic nitrogens is 2. The number of aryl methyl sites for hydroxylation is 1. The van der Waals surface area contributed by atoms with Gasteiger partial charge in [0, 0.05) is 30.9 Å². The smallest absolute Gasteiger partial charge is 0.255 e. The Hall–Kier alpha value is -2.94. The number of morpholine rings is 1. The van der Waals surface area contributed by atoms with E-state index in [1.54, 1.807) is 50.2 Å². The minimum atomic E-state index is -0.513. The van der Waals surface area contributed by atoms with Gasteiger partial charge in [-0.25, -0.2) is 9.07 Å². The van der Waals surface area contributed by atoms with Crippen molar-refractivity contribution in [3.8, 4) is 11.4 Å². The Morgan fingerprint density at radius 3 is 2.56 bits per heavy atom. The third-order valence-corrected chi connectivity index (χ3v) is 6.29. The Bertz CT molecular complexity index is 1140. The molecule has 0 saturated carbocycles. The Morgan fingerprint density at radius 1 is 1.18 bits per heavy atom. The van der Waals surface area contributed by atoms with E-state index in [9.17, 15) is 9.18 Å². The first-order chi connectivity index (χ1) is 16.4. The van der Waals surface area contributed by atoms with Crippen molar-refractivity contribution in [3.63, 3.8) is 0 Å². The zero-order valence-electron chi connectivity index (χ0n) is 19.3. The summed E-state index contributed by atoms with van der Waals surface area (Å²) in [7, 11) is 0. The molecule has 0 bridgehead atoms. The van der Waals surface area contributed by atoms with Crippen LogP contribution in [0.1, 0.15) is 28.2 Å². The molecule has 0 unspecified atom stereocenters. The minimum Gasteiger partial charge on any atom is -0.494 e. The highest BCUT2D eigenvalue weighted by atomic mass is 35.5. The van der Waals surface area contributed by atoms with Gasteiger partial charge in [-0.15, -0.1) is 0 Å². The van der Waals surface area contributed by atoms with Crippen LogP contribution in [-0.4, -0.2) is 60.0 Å². The fourth-order valence-corrected chi connectivity index (χ4v) is 3.94. The van der Waals surface area contributed by atoms with E-state index in [-0.39, 0.29) is 11.6 Å². The number of nitrogens with one attached hydrogen (secondary N) is 1. The van der Waals surface area contributed by atoms with Crippen LogP contribution in [0.4, 0.5) is 10.1 Å². The summed E-state index contributed by atoms with van der Waals surface area (Å²) in [5, 5.41) is 7.50. The molecule has 34 heavy (non-hydrogen) atoms. The average molecular weight is 487 g/mol. The molecule has 9 heteroatoms. The monoisotopic (exact) mass is 486 g/mol. The van der Waals surface area contributed by atoms with Gasteiger partial charge in [0.1, 0.15) is 11.4 Å². The fourth-order valence-electron chi connectivity index (χ4n) is 3.82. The summed E-state index contributed by atoms with van der Waals surface area (Å²) < 4.78 is 27.3. The number of ether oxygens (including phenoxy) is 2. The van der Waals surface area contributed by atoms with Crippen LogP contribution in [-0.2, 0) is 4.74 Å². The molecule has 2 heterocycles. The van der Waals surface area contributed by atoms with Gasteiger partial charge in [-0.2, -0.15) is 5.10 Å². The molecule has 0 atom stereocenters. The molecule has 1 aliphatic heterocycles. The molecule has 2 aromatic carbocycles. The van der Waals surface area contributed by atoms with Gasteiger partial charge in [0.25, 0.3) is 5.91 Å². The van der Waals surface area contributed by atoms with E-state index in [0.717, 1.165) is 39.3 Å². The molecular weight excluding hydrogens is 459 g/mol. The summed E-state index contributed by atoms with van der Waals surface area (Å²) >= 11 is 6.17. The molecule has 0 radical (unpaired) electrons. The summed E-state index contributed by atoms with van der Waals surface area (Å²) in [4.78, 5) is 15.0. The summed E-state index contributed by atoms with van der Waals surface area (Å²) in [5.74, 6) is -0.140. The number of hydrogen-bond donors (Lipinski definition) is 1. The molecule has 3 aromatic rings. The van der Waals surface area contributed by atoms with Crippen molar-refractivity contribution >= 4 is 23.2 Å². The number of rotatable bonds is 8. The quantitative estimate of drug-likeness (QED) is 0.470. The maximum Gasteiger partial charge on any atom is 0.255 e. The second-order valence-corrected chi connectivity index (χ2v) is 8.58. The molecule has 0 spiro atoms. The normalized spacial score (nSPS) is 14.2. The predicted octanol–water partition coefficient (Wildman–Crippen LogP) is 4.64. The highest BCUT2D eigenvalue weighted by molar-refractivity contribution is 6.31. The second kappa shape index (κ2) is 11.0. The van der Waals surface area contributed by atoms with Gasteiger partial charge in [-0.1, -0.05) is 11.6 Å². The van der Waals surface area contributed by atoms with Crippen molar-refractivity contribution in [3.05, 3.63) is 70.3 Å². The van der Waals surface area contributed by atoms with E-state index in [4.69, 9.17) is 21.1 Å². The molecule has 180 valence electrons. The zero-order chi connectivity index (χ0) is 24.1. The van der Waals surface area contributed by atoms with Gasteiger partial charge >= 0.3 is 0 Å². The maximum atomic E-state index is 14.7. The van der Waals surface area contributed by atoms with Crippen molar-refractivity contribution in [2.24, 2.45) is 0 Å². The SMILES string of the molecule is Cc1nn(-c2ccc(NC(=O)c3ccc(OCCCN4CCOCC4)cc3)cc2F)c(C)c1Cl. The van der Waals surface area contributed by atoms with Crippen LogP contribution in [0, 0.1) is 19.7 Å². The van der Waals surface area contributed by atoms with E-state index in [1.807, 2.05) is 0 Å². The average Bonchev–Trinajstić information content (AvgIpc) is 3.10. The van der Waals surface area contributed by atoms with Crippen LogP contribution in [0.2, 0.25) is 5.02 Å². The lowest BCUT2D eigenvalue weighted by Crippen LogP contribution is -2.37. The molecular formula is C25H28ClFN4O3. The molecule has 4 rings (SSSR count).